The van der Waals surface area contributed by atoms with Crippen LogP contribution in [0, 0.1) is 0 Å². The van der Waals surface area contributed by atoms with Crippen LogP contribution in [0.4, 0.5) is 5.69 Å². The number of nitrogens with zero attached hydrogens (tertiary/aromatic N) is 2. The molecule has 0 fully saturated rings. The van der Waals surface area contributed by atoms with Crippen LogP contribution in [0.5, 0.6) is 0 Å². The van der Waals surface area contributed by atoms with Gasteiger partial charge in [-0.1, -0.05) is 32.0 Å². The number of hydrogen-bond donors (Lipinski definition) is 1. The highest BCUT2D eigenvalue weighted by atomic mass is 15.1. The summed E-state index contributed by atoms with van der Waals surface area (Å²) in [5.74, 6) is 1.66. The standard InChI is InChI=1S/C15H21N3/c1-13(2)15-17-10-12-18(15)11-6-9-16-14-7-4-3-5-8-14/h3-5,7-8,10,12-13,16H,6,9,11H2,1-2H3. The molecule has 0 aliphatic rings. The SMILES string of the molecule is CC(C)c1nccn1CCCNc1ccccc1. The van der Waals surface area contributed by atoms with Gasteiger partial charge < -0.3 is 9.88 Å². The monoisotopic (exact) mass is 243 g/mol. The van der Waals surface area contributed by atoms with E-state index in [0.717, 1.165) is 19.5 Å². The van der Waals surface area contributed by atoms with Gasteiger partial charge in [-0.05, 0) is 18.6 Å². The van der Waals surface area contributed by atoms with Gasteiger partial charge in [0.15, 0.2) is 0 Å². The maximum atomic E-state index is 4.40. The van der Waals surface area contributed by atoms with E-state index in [9.17, 15) is 0 Å². The summed E-state index contributed by atoms with van der Waals surface area (Å²) >= 11 is 0. The molecular weight excluding hydrogens is 222 g/mol. The molecule has 0 saturated heterocycles. The van der Waals surface area contributed by atoms with Crippen LogP contribution in [0.3, 0.4) is 0 Å². The van der Waals surface area contributed by atoms with Gasteiger partial charge in [-0.25, -0.2) is 4.98 Å². The molecule has 3 nitrogen and oxygen atoms in total. The van der Waals surface area contributed by atoms with Gasteiger partial charge in [0.1, 0.15) is 5.82 Å². The van der Waals surface area contributed by atoms with E-state index in [4.69, 9.17) is 0 Å². The number of benzene rings is 1. The lowest BCUT2D eigenvalue weighted by molar-refractivity contribution is 0.600. The van der Waals surface area contributed by atoms with Gasteiger partial charge >= 0.3 is 0 Å². The Morgan fingerprint density at radius 2 is 2.00 bits per heavy atom. The molecule has 0 amide bonds. The summed E-state index contributed by atoms with van der Waals surface area (Å²) in [6, 6.07) is 10.3. The number of para-hydroxylation sites is 1. The molecule has 0 aliphatic carbocycles. The Labute approximate surface area is 109 Å². The van der Waals surface area contributed by atoms with E-state index < -0.39 is 0 Å². The predicted octanol–water partition coefficient (Wildman–Crippen LogP) is 3.51. The molecule has 96 valence electrons. The molecule has 0 bridgehead atoms. The van der Waals surface area contributed by atoms with Crippen molar-refractivity contribution in [2.24, 2.45) is 0 Å². The summed E-state index contributed by atoms with van der Waals surface area (Å²) in [6.07, 6.45) is 5.06. The lowest BCUT2D eigenvalue weighted by Crippen LogP contribution is -2.09. The fourth-order valence-electron chi connectivity index (χ4n) is 2.05. The van der Waals surface area contributed by atoms with Gasteiger partial charge in [0.2, 0.25) is 0 Å². The number of rotatable bonds is 6. The van der Waals surface area contributed by atoms with Crippen molar-refractivity contribution in [3.63, 3.8) is 0 Å². The molecule has 2 rings (SSSR count). The van der Waals surface area contributed by atoms with Crippen LogP contribution in [0.15, 0.2) is 42.7 Å². The molecule has 1 heterocycles. The van der Waals surface area contributed by atoms with Crippen molar-refractivity contribution < 1.29 is 0 Å². The molecule has 0 radical (unpaired) electrons. The Balaban J connectivity index is 1.77. The van der Waals surface area contributed by atoms with Crippen LogP contribution in [0.1, 0.15) is 32.0 Å². The third kappa shape index (κ3) is 3.36. The van der Waals surface area contributed by atoms with Crippen molar-refractivity contribution in [2.75, 3.05) is 11.9 Å². The third-order valence-electron chi connectivity index (χ3n) is 2.94. The fourth-order valence-corrected chi connectivity index (χ4v) is 2.05. The zero-order valence-electron chi connectivity index (χ0n) is 11.1. The minimum atomic E-state index is 0.488. The molecular formula is C15H21N3. The fraction of sp³-hybridized carbons (Fsp3) is 0.400. The Morgan fingerprint density at radius 3 is 2.72 bits per heavy atom. The lowest BCUT2D eigenvalue weighted by atomic mass is 10.2. The first kappa shape index (κ1) is 12.7. The van der Waals surface area contributed by atoms with Crippen molar-refractivity contribution in [3.8, 4) is 0 Å². The van der Waals surface area contributed by atoms with E-state index in [-0.39, 0.29) is 0 Å². The van der Waals surface area contributed by atoms with Gasteiger partial charge in [-0.2, -0.15) is 0 Å². The largest absolute Gasteiger partial charge is 0.385 e. The predicted molar refractivity (Wildman–Crippen MR) is 75.9 cm³/mol. The van der Waals surface area contributed by atoms with Crippen LogP contribution in [0.2, 0.25) is 0 Å². The van der Waals surface area contributed by atoms with Gasteiger partial charge in [-0.15, -0.1) is 0 Å². The average Bonchev–Trinajstić information content (AvgIpc) is 2.84. The highest BCUT2D eigenvalue weighted by Crippen LogP contribution is 2.12. The highest BCUT2D eigenvalue weighted by Gasteiger charge is 2.05. The molecule has 0 saturated carbocycles. The molecule has 18 heavy (non-hydrogen) atoms. The second-order valence-electron chi connectivity index (χ2n) is 4.78. The van der Waals surface area contributed by atoms with Crippen LogP contribution < -0.4 is 5.32 Å². The minimum absolute atomic E-state index is 0.488. The van der Waals surface area contributed by atoms with Crippen LogP contribution in [-0.2, 0) is 6.54 Å². The van der Waals surface area contributed by atoms with Crippen molar-refractivity contribution in [2.45, 2.75) is 32.7 Å². The Kier molecular flexibility index (Phi) is 4.40. The zero-order chi connectivity index (χ0) is 12.8. The summed E-state index contributed by atoms with van der Waals surface area (Å²) in [5, 5.41) is 3.42. The molecule has 2 aromatic rings. The van der Waals surface area contributed by atoms with Gasteiger partial charge in [-0.3, -0.25) is 0 Å². The van der Waals surface area contributed by atoms with Gasteiger partial charge in [0.05, 0.1) is 0 Å². The third-order valence-corrected chi connectivity index (χ3v) is 2.94. The number of aryl methyl sites for hydroxylation is 1. The first-order chi connectivity index (χ1) is 8.77. The molecule has 0 unspecified atom stereocenters. The van der Waals surface area contributed by atoms with Crippen molar-refractivity contribution in [1.82, 2.24) is 9.55 Å². The molecule has 1 N–H and O–H groups in total. The number of aromatic nitrogens is 2. The second-order valence-corrected chi connectivity index (χ2v) is 4.78. The van der Waals surface area contributed by atoms with E-state index in [1.165, 1.54) is 11.5 Å². The van der Waals surface area contributed by atoms with E-state index in [1.54, 1.807) is 0 Å². The summed E-state index contributed by atoms with van der Waals surface area (Å²) in [6.45, 7) is 6.37. The molecule has 0 atom stereocenters. The number of nitrogens with one attached hydrogen (secondary N) is 1. The van der Waals surface area contributed by atoms with E-state index in [0.29, 0.717) is 5.92 Å². The minimum Gasteiger partial charge on any atom is -0.385 e. The molecule has 0 spiro atoms. The lowest BCUT2D eigenvalue weighted by Gasteiger charge is -2.11. The normalized spacial score (nSPS) is 10.8. The van der Waals surface area contributed by atoms with E-state index >= 15 is 0 Å². The number of imidazole rings is 1. The van der Waals surface area contributed by atoms with Crippen molar-refractivity contribution >= 4 is 5.69 Å². The molecule has 1 aromatic carbocycles. The van der Waals surface area contributed by atoms with E-state index in [2.05, 4.69) is 59.2 Å². The van der Waals surface area contributed by atoms with Gasteiger partial charge in [0, 0.05) is 37.1 Å². The molecule has 3 heteroatoms. The van der Waals surface area contributed by atoms with Crippen LogP contribution in [0.25, 0.3) is 0 Å². The average molecular weight is 243 g/mol. The highest BCUT2D eigenvalue weighted by molar-refractivity contribution is 5.42. The Bertz CT molecular complexity index is 460. The van der Waals surface area contributed by atoms with E-state index in [1.807, 2.05) is 12.3 Å². The van der Waals surface area contributed by atoms with Crippen molar-refractivity contribution in [3.05, 3.63) is 48.5 Å². The molecule has 0 aliphatic heterocycles. The zero-order valence-corrected chi connectivity index (χ0v) is 11.1. The smallest absolute Gasteiger partial charge is 0.111 e. The quantitative estimate of drug-likeness (QED) is 0.787. The second kappa shape index (κ2) is 6.24. The first-order valence-electron chi connectivity index (χ1n) is 6.57. The van der Waals surface area contributed by atoms with Gasteiger partial charge in [0.25, 0.3) is 0 Å². The number of anilines is 1. The topological polar surface area (TPSA) is 29.9 Å². The first-order valence-corrected chi connectivity index (χ1v) is 6.57. The summed E-state index contributed by atoms with van der Waals surface area (Å²) in [5.41, 5.74) is 1.19. The Morgan fingerprint density at radius 1 is 1.22 bits per heavy atom. The maximum Gasteiger partial charge on any atom is 0.111 e. The summed E-state index contributed by atoms with van der Waals surface area (Å²) < 4.78 is 2.25. The molecule has 1 aromatic heterocycles. The summed E-state index contributed by atoms with van der Waals surface area (Å²) in [4.78, 5) is 4.40. The van der Waals surface area contributed by atoms with Crippen LogP contribution >= 0.6 is 0 Å². The van der Waals surface area contributed by atoms with Crippen molar-refractivity contribution in [1.29, 1.82) is 0 Å². The maximum absolute atomic E-state index is 4.40. The van der Waals surface area contributed by atoms with Crippen LogP contribution in [-0.4, -0.2) is 16.1 Å². The Hall–Kier alpha value is -1.77. The number of hydrogen-bond acceptors (Lipinski definition) is 2. The summed E-state index contributed by atoms with van der Waals surface area (Å²) in [7, 11) is 0.